The second kappa shape index (κ2) is 10.1. The molecule has 1 amide bonds. The van der Waals surface area contributed by atoms with Gasteiger partial charge in [0.05, 0.1) is 5.69 Å². The van der Waals surface area contributed by atoms with E-state index in [1.165, 1.54) is 0 Å². The molecular weight excluding hydrogens is 364 g/mol. The van der Waals surface area contributed by atoms with Gasteiger partial charge in [-0.1, -0.05) is 24.3 Å². The van der Waals surface area contributed by atoms with Crippen LogP contribution in [0.3, 0.4) is 0 Å². The SMILES string of the molecule is CN=C(NCCc1cccc(C(=O)NC)c1)NCc1ccc(-n2cccn2)cc1. The smallest absolute Gasteiger partial charge is 0.251 e. The van der Waals surface area contributed by atoms with Crippen LogP contribution >= 0.6 is 0 Å². The molecule has 7 nitrogen and oxygen atoms in total. The average Bonchev–Trinajstić information content (AvgIpc) is 3.31. The van der Waals surface area contributed by atoms with Gasteiger partial charge in [0.25, 0.3) is 5.91 Å². The zero-order valence-electron chi connectivity index (χ0n) is 16.7. The van der Waals surface area contributed by atoms with E-state index in [2.05, 4.69) is 38.2 Å². The Hall–Kier alpha value is -3.61. The maximum Gasteiger partial charge on any atom is 0.251 e. The van der Waals surface area contributed by atoms with Crippen LogP contribution in [0.4, 0.5) is 0 Å². The highest BCUT2D eigenvalue weighted by molar-refractivity contribution is 5.94. The Morgan fingerprint density at radius 3 is 2.59 bits per heavy atom. The fraction of sp³-hybridized carbons (Fsp3) is 0.227. The molecule has 0 saturated carbocycles. The minimum Gasteiger partial charge on any atom is -0.356 e. The van der Waals surface area contributed by atoms with Crippen LogP contribution in [0.15, 0.2) is 72.0 Å². The molecular formula is C22H26N6O. The van der Waals surface area contributed by atoms with Gasteiger partial charge >= 0.3 is 0 Å². The highest BCUT2D eigenvalue weighted by Crippen LogP contribution is 2.08. The molecule has 150 valence electrons. The fourth-order valence-corrected chi connectivity index (χ4v) is 2.93. The van der Waals surface area contributed by atoms with E-state index in [1.54, 1.807) is 20.3 Å². The Kier molecular flexibility index (Phi) is 7.00. The molecule has 0 atom stereocenters. The normalized spacial score (nSPS) is 11.2. The Morgan fingerprint density at radius 2 is 1.90 bits per heavy atom. The van der Waals surface area contributed by atoms with Gasteiger partial charge in [-0.3, -0.25) is 9.79 Å². The third-order valence-corrected chi connectivity index (χ3v) is 4.51. The van der Waals surface area contributed by atoms with E-state index in [4.69, 9.17) is 0 Å². The van der Waals surface area contributed by atoms with Crippen molar-refractivity contribution >= 4 is 11.9 Å². The van der Waals surface area contributed by atoms with Crippen LogP contribution < -0.4 is 16.0 Å². The summed E-state index contributed by atoms with van der Waals surface area (Å²) < 4.78 is 1.83. The summed E-state index contributed by atoms with van der Waals surface area (Å²) in [4.78, 5) is 16.0. The molecule has 3 N–H and O–H groups in total. The van der Waals surface area contributed by atoms with Crippen LogP contribution in [0, 0.1) is 0 Å². The lowest BCUT2D eigenvalue weighted by Crippen LogP contribution is -2.37. The van der Waals surface area contributed by atoms with Crippen molar-refractivity contribution in [1.82, 2.24) is 25.7 Å². The molecule has 0 unspecified atom stereocenters. The second-order valence-electron chi connectivity index (χ2n) is 6.50. The number of aromatic nitrogens is 2. The summed E-state index contributed by atoms with van der Waals surface area (Å²) in [6, 6.07) is 17.8. The Balaban J connectivity index is 1.47. The predicted molar refractivity (Wildman–Crippen MR) is 115 cm³/mol. The zero-order chi connectivity index (χ0) is 20.5. The fourth-order valence-electron chi connectivity index (χ4n) is 2.93. The van der Waals surface area contributed by atoms with Gasteiger partial charge in [-0.15, -0.1) is 0 Å². The zero-order valence-corrected chi connectivity index (χ0v) is 16.7. The number of carbonyl (C=O) groups is 1. The monoisotopic (exact) mass is 390 g/mol. The summed E-state index contributed by atoms with van der Waals surface area (Å²) in [5, 5.41) is 13.5. The molecule has 29 heavy (non-hydrogen) atoms. The molecule has 0 aliphatic carbocycles. The minimum absolute atomic E-state index is 0.0733. The van der Waals surface area contributed by atoms with Gasteiger partial charge < -0.3 is 16.0 Å². The lowest BCUT2D eigenvalue weighted by Gasteiger charge is -2.12. The minimum atomic E-state index is -0.0733. The van der Waals surface area contributed by atoms with Crippen molar-refractivity contribution in [2.75, 3.05) is 20.6 Å². The van der Waals surface area contributed by atoms with Gasteiger partial charge in [-0.2, -0.15) is 5.10 Å². The van der Waals surface area contributed by atoms with Crippen molar-refractivity contribution in [1.29, 1.82) is 0 Å². The number of guanidine groups is 1. The van der Waals surface area contributed by atoms with Crippen molar-refractivity contribution in [2.45, 2.75) is 13.0 Å². The van der Waals surface area contributed by atoms with Gasteiger partial charge in [0.1, 0.15) is 0 Å². The summed E-state index contributed by atoms with van der Waals surface area (Å²) in [6.07, 6.45) is 4.48. The van der Waals surface area contributed by atoms with Gasteiger partial charge in [0.2, 0.25) is 0 Å². The maximum atomic E-state index is 11.7. The molecule has 7 heteroatoms. The number of rotatable bonds is 7. The number of aliphatic imine (C=N–C) groups is 1. The van der Waals surface area contributed by atoms with E-state index >= 15 is 0 Å². The van der Waals surface area contributed by atoms with Crippen molar-refractivity contribution in [2.24, 2.45) is 4.99 Å². The van der Waals surface area contributed by atoms with Crippen LogP contribution in [0.5, 0.6) is 0 Å². The van der Waals surface area contributed by atoms with Crippen LogP contribution in [0.1, 0.15) is 21.5 Å². The summed E-state index contributed by atoms with van der Waals surface area (Å²) in [5.74, 6) is 0.666. The van der Waals surface area contributed by atoms with E-state index in [-0.39, 0.29) is 5.91 Å². The molecule has 1 aromatic heterocycles. The molecule has 0 aliphatic heterocycles. The largest absolute Gasteiger partial charge is 0.356 e. The first-order valence-corrected chi connectivity index (χ1v) is 9.54. The first-order valence-electron chi connectivity index (χ1n) is 9.54. The Labute approximate surface area is 170 Å². The standard InChI is InChI=1S/C22H26N6O/c1-23-21(29)19-6-3-5-17(15-19)11-13-25-22(24-2)26-16-18-7-9-20(10-8-18)28-14-4-12-27-28/h3-10,12,14-15H,11,13,16H2,1-2H3,(H,23,29)(H2,24,25,26). The third kappa shape index (κ3) is 5.68. The van der Waals surface area contributed by atoms with Crippen LogP contribution in [-0.2, 0) is 13.0 Å². The maximum absolute atomic E-state index is 11.7. The molecule has 3 aromatic rings. The molecule has 0 saturated heterocycles. The summed E-state index contributed by atoms with van der Waals surface area (Å²) in [5.41, 5.74) is 3.96. The molecule has 3 rings (SSSR count). The lowest BCUT2D eigenvalue weighted by molar-refractivity contribution is 0.0963. The topological polar surface area (TPSA) is 83.3 Å². The van der Waals surface area contributed by atoms with E-state index in [1.807, 2.05) is 53.3 Å². The molecule has 0 fully saturated rings. The second-order valence-corrected chi connectivity index (χ2v) is 6.50. The van der Waals surface area contributed by atoms with Gasteiger partial charge in [-0.25, -0.2) is 4.68 Å². The van der Waals surface area contributed by atoms with Gasteiger partial charge in [-0.05, 0) is 47.9 Å². The van der Waals surface area contributed by atoms with E-state index < -0.39 is 0 Å². The molecule has 1 heterocycles. The Morgan fingerprint density at radius 1 is 1.07 bits per heavy atom. The van der Waals surface area contributed by atoms with Gasteiger partial charge in [0, 0.05) is 45.1 Å². The van der Waals surface area contributed by atoms with E-state index in [9.17, 15) is 4.79 Å². The molecule has 0 bridgehead atoms. The Bertz CT molecular complexity index is 948. The highest BCUT2D eigenvalue weighted by atomic mass is 16.1. The highest BCUT2D eigenvalue weighted by Gasteiger charge is 2.04. The first kappa shape index (κ1) is 20.1. The van der Waals surface area contributed by atoms with Crippen molar-refractivity contribution < 1.29 is 4.79 Å². The third-order valence-electron chi connectivity index (χ3n) is 4.51. The average molecular weight is 390 g/mol. The van der Waals surface area contributed by atoms with E-state index in [0.717, 1.165) is 35.7 Å². The molecule has 0 spiro atoms. The van der Waals surface area contributed by atoms with E-state index in [0.29, 0.717) is 12.1 Å². The molecule has 0 aliphatic rings. The quantitative estimate of drug-likeness (QED) is 0.426. The number of benzene rings is 2. The molecule has 0 radical (unpaired) electrons. The molecule has 2 aromatic carbocycles. The predicted octanol–water partition coefficient (Wildman–Crippen LogP) is 2.14. The van der Waals surface area contributed by atoms with Crippen molar-refractivity contribution in [3.63, 3.8) is 0 Å². The number of hydrogen-bond donors (Lipinski definition) is 3. The number of hydrogen-bond acceptors (Lipinski definition) is 3. The van der Waals surface area contributed by atoms with Crippen LogP contribution in [0.2, 0.25) is 0 Å². The number of carbonyl (C=O) groups excluding carboxylic acids is 1. The lowest BCUT2D eigenvalue weighted by atomic mass is 10.1. The van der Waals surface area contributed by atoms with Crippen molar-refractivity contribution in [3.8, 4) is 5.69 Å². The summed E-state index contributed by atoms with van der Waals surface area (Å²) in [7, 11) is 3.39. The summed E-state index contributed by atoms with van der Waals surface area (Å²) >= 11 is 0. The summed E-state index contributed by atoms with van der Waals surface area (Å²) in [6.45, 7) is 1.39. The number of nitrogens with one attached hydrogen (secondary N) is 3. The van der Waals surface area contributed by atoms with Crippen molar-refractivity contribution in [3.05, 3.63) is 83.7 Å². The van der Waals surface area contributed by atoms with Crippen LogP contribution in [-0.4, -0.2) is 42.3 Å². The van der Waals surface area contributed by atoms with Gasteiger partial charge in [0.15, 0.2) is 5.96 Å². The van der Waals surface area contributed by atoms with Crippen LogP contribution in [0.25, 0.3) is 5.69 Å². The number of amides is 1. The number of nitrogens with zero attached hydrogens (tertiary/aromatic N) is 3. The first-order chi connectivity index (χ1) is 14.2.